The molecule has 0 spiro atoms. The lowest BCUT2D eigenvalue weighted by atomic mass is 10.1. The molecule has 5 heteroatoms. The van der Waals surface area contributed by atoms with E-state index in [0.29, 0.717) is 6.42 Å². The van der Waals surface area contributed by atoms with Crippen LogP contribution in [-0.2, 0) is 10.1 Å². The van der Waals surface area contributed by atoms with Crippen molar-refractivity contribution >= 4 is 10.1 Å². The fourth-order valence-electron chi connectivity index (χ4n) is 2.58. The number of allylic oxidation sites excluding steroid dienone is 8. The van der Waals surface area contributed by atoms with Crippen LogP contribution in [0.5, 0.6) is 0 Å². The van der Waals surface area contributed by atoms with Crippen molar-refractivity contribution in [3.05, 3.63) is 48.6 Å². The van der Waals surface area contributed by atoms with Crippen molar-refractivity contribution in [2.45, 2.75) is 82.8 Å². The van der Waals surface area contributed by atoms with Crippen molar-refractivity contribution in [2.24, 2.45) is 5.73 Å². The van der Waals surface area contributed by atoms with Gasteiger partial charge in [-0.2, -0.15) is 8.42 Å². The van der Waals surface area contributed by atoms with E-state index in [1.54, 1.807) is 0 Å². The van der Waals surface area contributed by atoms with Crippen molar-refractivity contribution in [3.8, 4) is 0 Å². The van der Waals surface area contributed by atoms with Crippen molar-refractivity contribution in [2.75, 3.05) is 6.54 Å². The van der Waals surface area contributed by atoms with E-state index in [1.807, 2.05) is 0 Å². The quantitative estimate of drug-likeness (QED) is 0.186. The molecule has 0 aliphatic carbocycles. The molecule has 4 nitrogen and oxygen atoms in total. The summed E-state index contributed by atoms with van der Waals surface area (Å²) in [5, 5.41) is -0.825. The Labute approximate surface area is 167 Å². The minimum Gasteiger partial charge on any atom is -0.329 e. The predicted molar refractivity (Wildman–Crippen MR) is 117 cm³/mol. The lowest BCUT2D eigenvalue weighted by molar-refractivity contribution is 0.459. The third kappa shape index (κ3) is 18.0. The molecule has 27 heavy (non-hydrogen) atoms. The number of nitrogens with two attached hydrogens (primary N) is 1. The highest BCUT2D eigenvalue weighted by Crippen LogP contribution is 2.10. The molecule has 156 valence electrons. The van der Waals surface area contributed by atoms with Gasteiger partial charge in [-0.1, -0.05) is 74.8 Å². The molecule has 1 atom stereocenters. The average molecular weight is 398 g/mol. The van der Waals surface area contributed by atoms with E-state index in [2.05, 4.69) is 55.5 Å². The molecule has 0 fully saturated rings. The van der Waals surface area contributed by atoms with Gasteiger partial charge in [0.2, 0.25) is 0 Å². The van der Waals surface area contributed by atoms with Gasteiger partial charge in [0, 0.05) is 6.54 Å². The van der Waals surface area contributed by atoms with E-state index in [9.17, 15) is 8.42 Å². The largest absolute Gasteiger partial charge is 0.329 e. The molecule has 0 aliphatic heterocycles. The van der Waals surface area contributed by atoms with Crippen molar-refractivity contribution in [3.63, 3.8) is 0 Å². The van der Waals surface area contributed by atoms with E-state index in [1.165, 1.54) is 25.7 Å². The fraction of sp³-hybridized carbons (Fsp3) is 0.636. The molecule has 0 radical (unpaired) electrons. The summed E-state index contributed by atoms with van der Waals surface area (Å²) in [7, 11) is -4.00. The lowest BCUT2D eigenvalue weighted by Gasteiger charge is -2.10. The lowest BCUT2D eigenvalue weighted by Crippen LogP contribution is -2.29. The van der Waals surface area contributed by atoms with Crippen molar-refractivity contribution in [1.29, 1.82) is 0 Å². The van der Waals surface area contributed by atoms with Crippen LogP contribution in [-0.4, -0.2) is 24.8 Å². The van der Waals surface area contributed by atoms with Gasteiger partial charge in [0.15, 0.2) is 0 Å². The second kappa shape index (κ2) is 18.2. The molecule has 1 unspecified atom stereocenters. The Bertz CT molecular complexity index is 548. The minimum atomic E-state index is -4.00. The molecule has 0 aliphatic rings. The van der Waals surface area contributed by atoms with Gasteiger partial charge in [0.1, 0.15) is 0 Å². The van der Waals surface area contributed by atoms with Gasteiger partial charge in [-0.25, -0.2) is 0 Å². The molecule has 0 aromatic carbocycles. The summed E-state index contributed by atoms with van der Waals surface area (Å²) in [5.74, 6) is 0. The highest BCUT2D eigenvalue weighted by atomic mass is 32.2. The number of hydrogen-bond donors (Lipinski definition) is 2. The zero-order valence-corrected chi connectivity index (χ0v) is 17.7. The summed E-state index contributed by atoms with van der Waals surface area (Å²) >= 11 is 0. The van der Waals surface area contributed by atoms with E-state index in [-0.39, 0.29) is 6.54 Å². The normalized spacial score (nSPS) is 14.3. The van der Waals surface area contributed by atoms with Gasteiger partial charge in [0.25, 0.3) is 10.1 Å². The first-order chi connectivity index (χ1) is 13.0. The van der Waals surface area contributed by atoms with E-state index in [0.717, 1.165) is 38.5 Å². The maximum Gasteiger partial charge on any atom is 0.269 e. The first-order valence-corrected chi connectivity index (χ1v) is 11.8. The monoisotopic (exact) mass is 397 g/mol. The molecule has 3 N–H and O–H groups in total. The minimum absolute atomic E-state index is 0.0246. The van der Waals surface area contributed by atoms with Gasteiger partial charge in [-0.05, 0) is 51.4 Å². The topological polar surface area (TPSA) is 80.4 Å². The summed E-state index contributed by atoms with van der Waals surface area (Å²) < 4.78 is 31.0. The summed E-state index contributed by atoms with van der Waals surface area (Å²) in [5.41, 5.74) is 5.37. The summed E-state index contributed by atoms with van der Waals surface area (Å²) in [6, 6.07) is 0. The second-order valence-corrected chi connectivity index (χ2v) is 8.44. The van der Waals surface area contributed by atoms with Crippen LogP contribution in [0.15, 0.2) is 48.6 Å². The van der Waals surface area contributed by atoms with Gasteiger partial charge < -0.3 is 5.73 Å². The Balaban J connectivity index is 3.59. The zero-order chi connectivity index (χ0) is 20.2. The second-order valence-electron chi connectivity index (χ2n) is 6.75. The third-order valence-corrected chi connectivity index (χ3v) is 5.56. The summed E-state index contributed by atoms with van der Waals surface area (Å²) in [4.78, 5) is 0. The molecule has 0 saturated heterocycles. The average Bonchev–Trinajstić information content (AvgIpc) is 2.62. The maximum atomic E-state index is 11.0. The number of rotatable bonds is 17. The maximum absolute atomic E-state index is 11.0. The molecule has 0 aromatic heterocycles. The van der Waals surface area contributed by atoms with Crippen LogP contribution in [0.2, 0.25) is 0 Å². The van der Waals surface area contributed by atoms with Gasteiger partial charge >= 0.3 is 0 Å². The molecule has 0 saturated carbocycles. The van der Waals surface area contributed by atoms with E-state index >= 15 is 0 Å². The van der Waals surface area contributed by atoms with Crippen LogP contribution in [0, 0.1) is 0 Å². The standard InChI is InChI=1S/C22H39NO3S/c1-2-3-4-5-6-7-8-9-10-11-12-13-14-15-16-17-18-19-20-22(21-23)27(24,25)26/h6-7,9-10,12-13,15-16,22H,2-5,8,11,14,17-21,23H2,1H3,(H,24,25,26)/b7-6-,10-9-,13-12-,16-15-. The van der Waals surface area contributed by atoms with Crippen LogP contribution in [0.25, 0.3) is 0 Å². The van der Waals surface area contributed by atoms with Crippen molar-refractivity contribution < 1.29 is 13.0 Å². The molecular formula is C22H39NO3S. The Morgan fingerprint density at radius 2 is 1.22 bits per heavy atom. The summed E-state index contributed by atoms with van der Waals surface area (Å²) in [6.45, 7) is 2.20. The molecular weight excluding hydrogens is 358 g/mol. The Kier molecular flexibility index (Phi) is 17.4. The van der Waals surface area contributed by atoms with E-state index < -0.39 is 15.4 Å². The predicted octanol–water partition coefficient (Wildman–Crippen LogP) is 5.74. The van der Waals surface area contributed by atoms with Crippen LogP contribution in [0.1, 0.15) is 77.6 Å². The van der Waals surface area contributed by atoms with Gasteiger partial charge in [-0.3, -0.25) is 4.55 Å². The highest BCUT2D eigenvalue weighted by molar-refractivity contribution is 7.86. The molecule has 0 rings (SSSR count). The number of unbranched alkanes of at least 4 members (excludes halogenated alkanes) is 5. The van der Waals surface area contributed by atoms with Crippen LogP contribution in [0.4, 0.5) is 0 Å². The van der Waals surface area contributed by atoms with Crippen LogP contribution < -0.4 is 5.73 Å². The molecule has 0 heterocycles. The zero-order valence-electron chi connectivity index (χ0n) is 16.9. The van der Waals surface area contributed by atoms with E-state index in [4.69, 9.17) is 10.3 Å². The first-order valence-electron chi connectivity index (χ1n) is 10.3. The van der Waals surface area contributed by atoms with Crippen molar-refractivity contribution in [1.82, 2.24) is 0 Å². The SMILES string of the molecule is CCCCC/C=C\C/C=C\C/C=C\C/C=C\CCCCC(CN)S(=O)(=O)O. The van der Waals surface area contributed by atoms with Gasteiger partial charge in [-0.15, -0.1) is 0 Å². The molecule has 0 bridgehead atoms. The molecule has 0 amide bonds. The molecule has 0 aromatic rings. The number of hydrogen-bond acceptors (Lipinski definition) is 3. The summed E-state index contributed by atoms with van der Waals surface area (Å²) in [6.07, 6.45) is 28.5. The van der Waals surface area contributed by atoms with Crippen LogP contribution >= 0.6 is 0 Å². The fourth-order valence-corrected chi connectivity index (χ4v) is 3.29. The highest BCUT2D eigenvalue weighted by Gasteiger charge is 2.20. The first kappa shape index (κ1) is 25.8. The smallest absolute Gasteiger partial charge is 0.269 e. The Morgan fingerprint density at radius 3 is 1.63 bits per heavy atom. The third-order valence-electron chi connectivity index (χ3n) is 4.29. The Hall–Kier alpha value is -1.17. The Morgan fingerprint density at radius 1 is 0.778 bits per heavy atom. The van der Waals surface area contributed by atoms with Gasteiger partial charge in [0.05, 0.1) is 5.25 Å². The van der Waals surface area contributed by atoms with Crippen LogP contribution in [0.3, 0.4) is 0 Å².